The van der Waals surface area contributed by atoms with E-state index in [2.05, 4.69) is 25.6 Å². The SMILES string of the molecule is C=C(O)c1ccc2cccc(-c3ccc(CC)cc3C#N)c2c1. The van der Waals surface area contributed by atoms with Gasteiger partial charge in [-0.3, -0.25) is 0 Å². The van der Waals surface area contributed by atoms with Crippen LogP contribution in [0.15, 0.2) is 61.2 Å². The third-order valence-corrected chi connectivity index (χ3v) is 4.12. The van der Waals surface area contributed by atoms with Gasteiger partial charge in [0.15, 0.2) is 0 Å². The molecule has 112 valence electrons. The van der Waals surface area contributed by atoms with Gasteiger partial charge in [0.05, 0.1) is 11.6 Å². The Morgan fingerprint density at radius 3 is 2.61 bits per heavy atom. The molecule has 0 heterocycles. The van der Waals surface area contributed by atoms with Crippen molar-refractivity contribution in [2.24, 2.45) is 0 Å². The number of rotatable bonds is 3. The van der Waals surface area contributed by atoms with Gasteiger partial charge in [0, 0.05) is 11.1 Å². The van der Waals surface area contributed by atoms with E-state index < -0.39 is 0 Å². The highest BCUT2D eigenvalue weighted by atomic mass is 16.3. The molecule has 0 aromatic heterocycles. The molecule has 3 rings (SSSR count). The summed E-state index contributed by atoms with van der Waals surface area (Å²) < 4.78 is 0. The van der Waals surface area contributed by atoms with Crippen LogP contribution >= 0.6 is 0 Å². The molecule has 1 N–H and O–H groups in total. The van der Waals surface area contributed by atoms with Crippen molar-refractivity contribution in [3.63, 3.8) is 0 Å². The fraction of sp³-hybridized carbons (Fsp3) is 0.0952. The van der Waals surface area contributed by atoms with Gasteiger partial charge in [0.1, 0.15) is 5.76 Å². The van der Waals surface area contributed by atoms with Gasteiger partial charge in [-0.15, -0.1) is 0 Å². The molecule has 2 nitrogen and oxygen atoms in total. The van der Waals surface area contributed by atoms with Gasteiger partial charge in [0.25, 0.3) is 0 Å². The van der Waals surface area contributed by atoms with Gasteiger partial charge in [-0.1, -0.05) is 56.0 Å². The smallest absolute Gasteiger partial charge is 0.115 e. The van der Waals surface area contributed by atoms with Gasteiger partial charge in [0.2, 0.25) is 0 Å². The highest BCUT2D eigenvalue weighted by molar-refractivity contribution is 5.99. The Labute approximate surface area is 135 Å². The van der Waals surface area contributed by atoms with Gasteiger partial charge in [-0.05, 0) is 40.5 Å². The zero-order valence-corrected chi connectivity index (χ0v) is 13.0. The van der Waals surface area contributed by atoms with Crippen LogP contribution in [0.3, 0.4) is 0 Å². The van der Waals surface area contributed by atoms with Crippen LogP contribution in [0.2, 0.25) is 0 Å². The average Bonchev–Trinajstić information content (AvgIpc) is 2.60. The molecule has 3 aromatic carbocycles. The second kappa shape index (κ2) is 5.98. The first-order valence-electron chi connectivity index (χ1n) is 7.58. The third kappa shape index (κ3) is 2.69. The maximum absolute atomic E-state index is 9.67. The van der Waals surface area contributed by atoms with Crippen molar-refractivity contribution < 1.29 is 5.11 Å². The van der Waals surface area contributed by atoms with Gasteiger partial charge in [-0.25, -0.2) is 0 Å². The minimum atomic E-state index is 0.0449. The Kier molecular flexibility index (Phi) is 3.87. The Balaban J connectivity index is 2.30. The summed E-state index contributed by atoms with van der Waals surface area (Å²) in [6.07, 6.45) is 0.902. The van der Waals surface area contributed by atoms with Crippen LogP contribution in [0.5, 0.6) is 0 Å². The fourth-order valence-electron chi connectivity index (χ4n) is 2.83. The molecule has 0 bridgehead atoms. The van der Waals surface area contributed by atoms with E-state index in [1.165, 1.54) is 0 Å². The first-order chi connectivity index (χ1) is 11.1. The van der Waals surface area contributed by atoms with Crippen LogP contribution in [0.4, 0.5) is 0 Å². The molecular formula is C21H17NO. The summed E-state index contributed by atoms with van der Waals surface area (Å²) >= 11 is 0. The summed E-state index contributed by atoms with van der Waals surface area (Å²) in [5, 5.41) is 21.2. The van der Waals surface area contributed by atoms with Crippen LogP contribution in [0, 0.1) is 11.3 Å². The first-order valence-corrected chi connectivity index (χ1v) is 7.58. The maximum atomic E-state index is 9.67. The number of aryl methyl sites for hydroxylation is 1. The lowest BCUT2D eigenvalue weighted by Gasteiger charge is -2.11. The lowest BCUT2D eigenvalue weighted by molar-refractivity contribution is 0.514. The van der Waals surface area contributed by atoms with Crippen LogP contribution in [-0.2, 0) is 6.42 Å². The normalized spacial score (nSPS) is 10.4. The monoisotopic (exact) mass is 299 g/mol. The first kappa shape index (κ1) is 14.9. The minimum Gasteiger partial charge on any atom is -0.508 e. The molecule has 0 saturated carbocycles. The van der Waals surface area contributed by atoms with Crippen LogP contribution in [-0.4, -0.2) is 5.11 Å². The summed E-state index contributed by atoms with van der Waals surface area (Å²) in [4.78, 5) is 0. The number of nitrogens with zero attached hydrogens (tertiary/aromatic N) is 1. The van der Waals surface area contributed by atoms with E-state index in [1.54, 1.807) is 0 Å². The molecule has 0 amide bonds. The Morgan fingerprint density at radius 1 is 1.09 bits per heavy atom. The van der Waals surface area contributed by atoms with Crippen LogP contribution < -0.4 is 0 Å². The molecule has 0 saturated heterocycles. The number of nitriles is 1. The Bertz CT molecular complexity index is 948. The van der Waals surface area contributed by atoms with E-state index in [-0.39, 0.29) is 5.76 Å². The summed E-state index contributed by atoms with van der Waals surface area (Å²) in [6, 6.07) is 20.1. The maximum Gasteiger partial charge on any atom is 0.115 e. The van der Waals surface area contributed by atoms with Crippen molar-refractivity contribution >= 4 is 16.5 Å². The van der Waals surface area contributed by atoms with Crippen molar-refractivity contribution in [2.45, 2.75) is 13.3 Å². The lowest BCUT2D eigenvalue weighted by atomic mass is 9.92. The van der Waals surface area contributed by atoms with Gasteiger partial charge in [-0.2, -0.15) is 5.26 Å². The molecule has 0 aliphatic rings. The zero-order chi connectivity index (χ0) is 16.4. The summed E-state index contributed by atoms with van der Waals surface area (Å²) in [7, 11) is 0. The quantitative estimate of drug-likeness (QED) is 0.652. The van der Waals surface area contributed by atoms with Crippen LogP contribution in [0.1, 0.15) is 23.6 Å². The van der Waals surface area contributed by atoms with E-state index >= 15 is 0 Å². The van der Waals surface area contributed by atoms with E-state index in [4.69, 9.17) is 0 Å². The highest BCUT2D eigenvalue weighted by Crippen LogP contribution is 2.32. The number of benzene rings is 3. The Hall–Kier alpha value is -3.05. The fourth-order valence-corrected chi connectivity index (χ4v) is 2.83. The predicted molar refractivity (Wildman–Crippen MR) is 95.1 cm³/mol. The molecule has 0 aliphatic carbocycles. The molecule has 3 aromatic rings. The average molecular weight is 299 g/mol. The van der Waals surface area contributed by atoms with E-state index in [0.29, 0.717) is 11.1 Å². The molecule has 0 radical (unpaired) electrons. The minimum absolute atomic E-state index is 0.0449. The highest BCUT2D eigenvalue weighted by Gasteiger charge is 2.10. The van der Waals surface area contributed by atoms with E-state index in [0.717, 1.165) is 33.9 Å². The molecular weight excluding hydrogens is 282 g/mol. The number of fused-ring (bicyclic) bond motifs is 1. The van der Waals surface area contributed by atoms with Crippen molar-refractivity contribution in [1.82, 2.24) is 0 Å². The Morgan fingerprint density at radius 2 is 1.91 bits per heavy atom. The van der Waals surface area contributed by atoms with Crippen molar-refractivity contribution in [2.75, 3.05) is 0 Å². The van der Waals surface area contributed by atoms with Gasteiger partial charge < -0.3 is 5.11 Å². The number of aliphatic hydroxyl groups excluding tert-OH is 1. The summed E-state index contributed by atoms with van der Waals surface area (Å²) in [5.41, 5.74) is 4.41. The van der Waals surface area contributed by atoms with E-state index in [1.807, 2.05) is 48.5 Å². The summed E-state index contributed by atoms with van der Waals surface area (Å²) in [6.45, 7) is 5.67. The second-order valence-electron chi connectivity index (χ2n) is 5.53. The number of hydrogen-bond acceptors (Lipinski definition) is 2. The standard InChI is InChI=1S/C21H17NO/c1-3-15-7-10-19(18(11-15)13-22)20-6-4-5-16-8-9-17(14(2)23)12-21(16)20/h4-12,23H,2-3H2,1H3. The molecule has 0 unspecified atom stereocenters. The predicted octanol–water partition coefficient (Wildman–Crippen LogP) is 5.47. The third-order valence-electron chi connectivity index (χ3n) is 4.12. The topological polar surface area (TPSA) is 44.0 Å². The molecule has 0 spiro atoms. The van der Waals surface area contributed by atoms with Gasteiger partial charge >= 0.3 is 0 Å². The number of hydrogen-bond donors (Lipinski definition) is 1. The molecule has 2 heteroatoms. The lowest BCUT2D eigenvalue weighted by Crippen LogP contribution is -1.90. The molecule has 0 atom stereocenters. The van der Waals surface area contributed by atoms with Crippen molar-refractivity contribution in [1.29, 1.82) is 5.26 Å². The van der Waals surface area contributed by atoms with Crippen molar-refractivity contribution in [3.8, 4) is 17.2 Å². The molecule has 0 fully saturated rings. The number of aliphatic hydroxyl groups is 1. The van der Waals surface area contributed by atoms with E-state index in [9.17, 15) is 10.4 Å². The molecule has 0 aliphatic heterocycles. The molecule has 23 heavy (non-hydrogen) atoms. The second-order valence-corrected chi connectivity index (χ2v) is 5.53. The summed E-state index contributed by atoms with van der Waals surface area (Å²) in [5.74, 6) is 0.0449. The van der Waals surface area contributed by atoms with Crippen molar-refractivity contribution in [3.05, 3.63) is 77.9 Å². The van der Waals surface area contributed by atoms with Crippen LogP contribution in [0.25, 0.3) is 27.7 Å². The largest absolute Gasteiger partial charge is 0.508 e. The zero-order valence-electron chi connectivity index (χ0n) is 13.0.